The second-order valence-corrected chi connectivity index (χ2v) is 6.75. The Labute approximate surface area is 147 Å². The Kier molecular flexibility index (Phi) is 18.4. The van der Waals surface area contributed by atoms with Gasteiger partial charge in [0.15, 0.2) is 0 Å². The number of hydrogen-bond acceptors (Lipinski definition) is 0. The average Bonchev–Trinajstić information content (AvgIpc) is 2.38. The first-order valence-electron chi connectivity index (χ1n) is 8.08. The summed E-state index contributed by atoms with van der Waals surface area (Å²) in [5, 5.41) is 1.16. The Balaban J connectivity index is 0. The minimum atomic E-state index is 0. The molecule has 0 saturated heterocycles. The predicted octanol–water partition coefficient (Wildman–Crippen LogP) is 2.38. The molecule has 0 N–H and O–H groups in total. The minimum absolute atomic E-state index is 0. The zero-order chi connectivity index (χ0) is 13.7. The van der Waals surface area contributed by atoms with E-state index in [1.165, 1.54) is 81.9 Å². The fourth-order valence-corrected chi connectivity index (χ4v) is 2.87. The molecule has 0 aromatic carbocycles. The normalized spacial score (nSPS) is 11.4. The Morgan fingerprint density at radius 2 is 1.11 bits per heavy atom. The number of rotatable bonds is 13. The maximum Gasteiger partial charge on any atom is 0.0792 e. The van der Waals surface area contributed by atoms with Gasteiger partial charge < -0.3 is 28.5 Å². The summed E-state index contributed by atoms with van der Waals surface area (Å²) in [5.41, 5.74) is 0. The van der Waals surface area contributed by atoms with Crippen molar-refractivity contribution in [2.75, 3.05) is 32.0 Å². The molecule has 0 bridgehead atoms. The number of halogens is 2. The van der Waals surface area contributed by atoms with Gasteiger partial charge in [0.2, 0.25) is 0 Å². The van der Waals surface area contributed by atoms with Crippen molar-refractivity contribution < 1.29 is 28.5 Å². The third-order valence-corrected chi connectivity index (χ3v) is 4.50. The van der Waals surface area contributed by atoms with E-state index in [1.807, 2.05) is 0 Å². The van der Waals surface area contributed by atoms with E-state index in [2.05, 4.69) is 36.8 Å². The summed E-state index contributed by atoms with van der Waals surface area (Å²) in [5.74, 6) is 0. The molecule has 0 saturated carbocycles. The van der Waals surface area contributed by atoms with Crippen molar-refractivity contribution in [2.24, 2.45) is 0 Å². The standard InChI is InChI=1S/C16H35BrN.HI/c1-4-6-8-10-14-18(3,16-12-13-17)15-11-9-7-5-2;/h4-16H2,1-3H3;1H/q+1;/p-1. The summed E-state index contributed by atoms with van der Waals surface area (Å²) in [6.45, 7) is 8.72. The molecule has 0 amide bonds. The molecule has 0 rings (SSSR count). The summed E-state index contributed by atoms with van der Waals surface area (Å²) in [7, 11) is 2.47. The topological polar surface area (TPSA) is 0 Å². The molecular formula is C16H35BrIN. The van der Waals surface area contributed by atoms with Gasteiger partial charge in [-0.15, -0.1) is 0 Å². The molecular weight excluding hydrogens is 413 g/mol. The Morgan fingerprint density at radius 1 is 0.684 bits per heavy atom. The van der Waals surface area contributed by atoms with E-state index >= 15 is 0 Å². The molecule has 19 heavy (non-hydrogen) atoms. The van der Waals surface area contributed by atoms with Crippen LogP contribution in [0, 0.1) is 0 Å². The van der Waals surface area contributed by atoms with Crippen LogP contribution in [0.5, 0.6) is 0 Å². The highest BCUT2D eigenvalue weighted by Gasteiger charge is 2.19. The smallest absolute Gasteiger partial charge is 0.0792 e. The van der Waals surface area contributed by atoms with E-state index < -0.39 is 0 Å². The van der Waals surface area contributed by atoms with Gasteiger partial charge in [0, 0.05) is 11.8 Å². The lowest BCUT2D eigenvalue weighted by Crippen LogP contribution is -3.00. The van der Waals surface area contributed by atoms with E-state index in [4.69, 9.17) is 0 Å². The number of quaternary nitrogens is 1. The van der Waals surface area contributed by atoms with Gasteiger partial charge in [-0.25, -0.2) is 0 Å². The highest BCUT2D eigenvalue weighted by atomic mass is 127. The molecule has 0 aromatic heterocycles. The van der Waals surface area contributed by atoms with Gasteiger partial charge in [0.1, 0.15) is 0 Å². The molecule has 0 aliphatic heterocycles. The fourth-order valence-electron chi connectivity index (χ4n) is 2.62. The predicted molar refractivity (Wildman–Crippen MR) is 87.5 cm³/mol. The molecule has 0 aliphatic rings. The largest absolute Gasteiger partial charge is 1.00 e. The molecule has 0 aromatic rings. The lowest BCUT2D eigenvalue weighted by atomic mass is 10.1. The summed E-state index contributed by atoms with van der Waals surface area (Å²) in [6.07, 6.45) is 12.5. The fraction of sp³-hybridized carbons (Fsp3) is 1.00. The van der Waals surface area contributed by atoms with Crippen molar-refractivity contribution in [3.05, 3.63) is 0 Å². The zero-order valence-electron chi connectivity index (χ0n) is 13.4. The van der Waals surface area contributed by atoms with Gasteiger partial charge >= 0.3 is 0 Å². The quantitative estimate of drug-likeness (QED) is 0.176. The molecule has 0 unspecified atom stereocenters. The second kappa shape index (κ2) is 15.6. The van der Waals surface area contributed by atoms with Crippen molar-refractivity contribution >= 4 is 15.9 Å². The van der Waals surface area contributed by atoms with Crippen LogP contribution in [0.15, 0.2) is 0 Å². The molecule has 0 spiro atoms. The van der Waals surface area contributed by atoms with Crippen LogP contribution in [0.4, 0.5) is 0 Å². The van der Waals surface area contributed by atoms with Crippen molar-refractivity contribution in [1.29, 1.82) is 0 Å². The van der Waals surface area contributed by atoms with E-state index in [1.54, 1.807) is 0 Å². The van der Waals surface area contributed by atoms with Gasteiger partial charge in [0.25, 0.3) is 0 Å². The van der Waals surface area contributed by atoms with Crippen molar-refractivity contribution in [3.8, 4) is 0 Å². The van der Waals surface area contributed by atoms with Crippen LogP contribution in [0.25, 0.3) is 0 Å². The number of hydrogen-bond donors (Lipinski definition) is 0. The first-order valence-corrected chi connectivity index (χ1v) is 9.20. The molecule has 118 valence electrons. The first-order chi connectivity index (χ1) is 8.68. The van der Waals surface area contributed by atoms with E-state index in [0.717, 1.165) is 5.33 Å². The van der Waals surface area contributed by atoms with Crippen LogP contribution in [0.2, 0.25) is 0 Å². The van der Waals surface area contributed by atoms with Gasteiger partial charge in [-0.1, -0.05) is 55.5 Å². The molecule has 0 atom stereocenters. The Hall–Kier alpha value is 1.17. The third-order valence-electron chi connectivity index (χ3n) is 3.93. The van der Waals surface area contributed by atoms with E-state index in [0.29, 0.717) is 0 Å². The summed E-state index contributed by atoms with van der Waals surface area (Å²) in [6, 6.07) is 0. The minimum Gasteiger partial charge on any atom is -1.00 e. The molecule has 0 heterocycles. The zero-order valence-corrected chi connectivity index (χ0v) is 17.1. The molecule has 1 nitrogen and oxygen atoms in total. The monoisotopic (exact) mass is 447 g/mol. The number of nitrogens with zero attached hydrogens (tertiary/aromatic N) is 1. The van der Waals surface area contributed by atoms with Crippen molar-refractivity contribution in [2.45, 2.75) is 71.6 Å². The van der Waals surface area contributed by atoms with Gasteiger partial charge in [-0.05, 0) is 25.7 Å². The first kappa shape index (κ1) is 22.5. The van der Waals surface area contributed by atoms with E-state index in [9.17, 15) is 0 Å². The average molecular weight is 448 g/mol. The van der Waals surface area contributed by atoms with Gasteiger partial charge in [-0.2, -0.15) is 0 Å². The summed E-state index contributed by atoms with van der Waals surface area (Å²) in [4.78, 5) is 0. The summed E-state index contributed by atoms with van der Waals surface area (Å²) >= 11 is 3.58. The van der Waals surface area contributed by atoms with Crippen LogP contribution in [0.3, 0.4) is 0 Å². The van der Waals surface area contributed by atoms with Crippen LogP contribution in [0.1, 0.15) is 71.6 Å². The molecule has 0 aliphatic carbocycles. The number of alkyl halides is 1. The van der Waals surface area contributed by atoms with Gasteiger partial charge in [0.05, 0.1) is 26.7 Å². The van der Waals surface area contributed by atoms with Crippen molar-refractivity contribution in [1.82, 2.24) is 0 Å². The van der Waals surface area contributed by atoms with Crippen LogP contribution >= 0.6 is 15.9 Å². The molecule has 0 fully saturated rings. The van der Waals surface area contributed by atoms with Crippen molar-refractivity contribution in [3.63, 3.8) is 0 Å². The van der Waals surface area contributed by atoms with Gasteiger partial charge in [-0.3, -0.25) is 0 Å². The second-order valence-electron chi connectivity index (χ2n) is 5.95. The third kappa shape index (κ3) is 13.9. The maximum absolute atomic E-state index is 3.58. The summed E-state index contributed by atoms with van der Waals surface area (Å²) < 4.78 is 1.30. The Bertz CT molecular complexity index is 164. The SMILES string of the molecule is CCCCCC[N+](C)(CCCBr)CCCCCC.[I-]. The number of unbranched alkanes of at least 4 members (excludes halogenated alkanes) is 6. The van der Waals surface area contributed by atoms with E-state index in [-0.39, 0.29) is 24.0 Å². The highest BCUT2D eigenvalue weighted by molar-refractivity contribution is 9.09. The lowest BCUT2D eigenvalue weighted by molar-refractivity contribution is -0.910. The molecule has 3 heteroatoms. The maximum atomic E-state index is 3.58. The van der Waals surface area contributed by atoms with Crippen LogP contribution < -0.4 is 24.0 Å². The lowest BCUT2D eigenvalue weighted by Gasteiger charge is -2.35. The Morgan fingerprint density at radius 3 is 1.47 bits per heavy atom. The molecule has 0 radical (unpaired) electrons. The van der Waals surface area contributed by atoms with Crippen LogP contribution in [-0.4, -0.2) is 36.5 Å². The highest BCUT2D eigenvalue weighted by Crippen LogP contribution is 2.13. The van der Waals surface area contributed by atoms with Crippen LogP contribution in [-0.2, 0) is 0 Å².